The van der Waals surface area contributed by atoms with Crippen molar-refractivity contribution in [3.05, 3.63) is 80.6 Å². The summed E-state index contributed by atoms with van der Waals surface area (Å²) < 4.78 is 17.6. The van der Waals surface area contributed by atoms with E-state index in [-0.39, 0.29) is 16.3 Å². The number of nitrogens with zero attached hydrogens (tertiary/aromatic N) is 1. The van der Waals surface area contributed by atoms with Gasteiger partial charge in [0.05, 0.1) is 4.92 Å². The molecule has 0 aliphatic rings. The van der Waals surface area contributed by atoms with E-state index in [1.165, 1.54) is 36.4 Å². The molecular formula is C17H11ClFNO5. The van der Waals surface area contributed by atoms with Crippen molar-refractivity contribution in [2.45, 2.75) is 0 Å². The zero-order valence-electron chi connectivity index (χ0n) is 12.6. The number of nitro benzene ring substituents is 1. The Hall–Kier alpha value is -3.06. The largest absolute Gasteiger partial charge is 0.454 e. The van der Waals surface area contributed by atoms with Crippen LogP contribution < -0.4 is 0 Å². The minimum absolute atomic E-state index is 0.0189. The summed E-state index contributed by atoms with van der Waals surface area (Å²) in [7, 11) is 0. The third-order valence-corrected chi connectivity index (χ3v) is 3.41. The fraction of sp³-hybridized carbons (Fsp3) is 0.0588. The van der Waals surface area contributed by atoms with Crippen LogP contribution >= 0.6 is 11.6 Å². The molecule has 0 unspecified atom stereocenters. The number of carbonyl (C=O) groups excluding carboxylic acids is 2. The van der Waals surface area contributed by atoms with Gasteiger partial charge < -0.3 is 4.74 Å². The van der Waals surface area contributed by atoms with Crippen molar-refractivity contribution in [1.82, 2.24) is 0 Å². The van der Waals surface area contributed by atoms with Crippen molar-refractivity contribution >= 4 is 35.1 Å². The molecule has 0 spiro atoms. The van der Waals surface area contributed by atoms with Crippen LogP contribution in [0.3, 0.4) is 0 Å². The highest BCUT2D eigenvalue weighted by atomic mass is 35.5. The monoisotopic (exact) mass is 363 g/mol. The Morgan fingerprint density at radius 1 is 1.20 bits per heavy atom. The van der Waals surface area contributed by atoms with E-state index in [9.17, 15) is 24.1 Å². The molecule has 2 aromatic rings. The van der Waals surface area contributed by atoms with E-state index < -0.39 is 29.1 Å². The van der Waals surface area contributed by atoms with Gasteiger partial charge in [-0.2, -0.15) is 0 Å². The van der Waals surface area contributed by atoms with Gasteiger partial charge in [-0.15, -0.1) is 0 Å². The first kappa shape index (κ1) is 18.3. The van der Waals surface area contributed by atoms with E-state index in [1.807, 2.05) is 0 Å². The molecule has 0 aromatic heterocycles. The van der Waals surface area contributed by atoms with Crippen LogP contribution in [0.25, 0.3) is 6.08 Å². The summed E-state index contributed by atoms with van der Waals surface area (Å²) in [6.45, 7) is -0.504. The molecule has 0 atom stereocenters. The van der Waals surface area contributed by atoms with Crippen molar-refractivity contribution in [2.75, 3.05) is 6.61 Å². The molecule has 0 saturated carbocycles. The number of benzene rings is 2. The van der Waals surface area contributed by atoms with Gasteiger partial charge in [-0.05, 0) is 42.0 Å². The molecule has 0 bridgehead atoms. The maximum atomic E-state index is 12.8. The van der Waals surface area contributed by atoms with Crippen LogP contribution in [0, 0.1) is 15.9 Å². The van der Waals surface area contributed by atoms with Crippen LogP contribution in [0.5, 0.6) is 0 Å². The molecule has 0 N–H and O–H groups in total. The molecule has 2 aromatic carbocycles. The summed E-state index contributed by atoms with van der Waals surface area (Å²) in [5.41, 5.74) is 0.299. The lowest BCUT2D eigenvalue weighted by molar-refractivity contribution is -0.384. The van der Waals surface area contributed by atoms with Crippen LogP contribution in [-0.4, -0.2) is 23.3 Å². The summed E-state index contributed by atoms with van der Waals surface area (Å²) in [6.07, 6.45) is 2.33. The number of nitro groups is 1. The highest BCUT2D eigenvalue weighted by Crippen LogP contribution is 2.25. The van der Waals surface area contributed by atoms with E-state index in [2.05, 4.69) is 0 Å². The molecule has 0 saturated heterocycles. The Morgan fingerprint density at radius 3 is 2.52 bits per heavy atom. The Kier molecular flexibility index (Phi) is 5.97. The van der Waals surface area contributed by atoms with Crippen LogP contribution in [-0.2, 0) is 9.53 Å². The lowest BCUT2D eigenvalue weighted by Crippen LogP contribution is -2.12. The summed E-state index contributed by atoms with van der Waals surface area (Å²) in [5, 5.41) is 10.8. The maximum Gasteiger partial charge on any atom is 0.331 e. The van der Waals surface area contributed by atoms with Crippen LogP contribution in [0.2, 0.25) is 5.02 Å². The normalized spacial score (nSPS) is 10.6. The van der Waals surface area contributed by atoms with Gasteiger partial charge in [0.1, 0.15) is 10.8 Å². The highest BCUT2D eigenvalue weighted by molar-refractivity contribution is 6.32. The van der Waals surface area contributed by atoms with Crippen molar-refractivity contribution in [2.24, 2.45) is 0 Å². The summed E-state index contributed by atoms with van der Waals surface area (Å²) in [6, 6.07) is 8.86. The number of halogens is 2. The Labute approximate surface area is 146 Å². The lowest BCUT2D eigenvalue weighted by atomic mass is 10.1. The fourth-order valence-corrected chi connectivity index (χ4v) is 2.03. The average Bonchev–Trinajstić information content (AvgIpc) is 2.59. The number of hydrogen-bond donors (Lipinski definition) is 0. The number of Topliss-reactive ketones (excluding diaryl/α,β-unsaturated/α-hetero) is 1. The van der Waals surface area contributed by atoms with Gasteiger partial charge >= 0.3 is 5.97 Å². The standard InChI is InChI=1S/C17H11ClFNO5/c18-14-7-1-11(9-15(14)20(23)24)2-8-17(22)25-10-16(21)12-3-5-13(19)6-4-12/h1-9H,10H2/b8-2+. The summed E-state index contributed by atoms with van der Waals surface area (Å²) in [4.78, 5) is 33.5. The Morgan fingerprint density at radius 2 is 1.88 bits per heavy atom. The molecule has 6 nitrogen and oxygen atoms in total. The lowest BCUT2D eigenvalue weighted by Gasteiger charge is -2.02. The molecule has 8 heteroatoms. The molecule has 0 fully saturated rings. The van der Waals surface area contributed by atoms with Crippen LogP contribution in [0.1, 0.15) is 15.9 Å². The highest BCUT2D eigenvalue weighted by Gasteiger charge is 2.12. The van der Waals surface area contributed by atoms with Gasteiger partial charge in [0.2, 0.25) is 0 Å². The Balaban J connectivity index is 1.95. The Bertz CT molecular complexity index is 849. The van der Waals surface area contributed by atoms with Crippen molar-refractivity contribution in [3.8, 4) is 0 Å². The van der Waals surface area contributed by atoms with Gasteiger partial charge in [0.25, 0.3) is 5.69 Å². The summed E-state index contributed by atoms with van der Waals surface area (Å²) in [5.74, 6) is -1.76. The number of carbonyl (C=O) groups is 2. The number of esters is 1. The third-order valence-electron chi connectivity index (χ3n) is 3.09. The number of hydrogen-bond acceptors (Lipinski definition) is 5. The van der Waals surface area contributed by atoms with E-state index in [4.69, 9.17) is 16.3 Å². The average molecular weight is 364 g/mol. The second kappa shape index (κ2) is 8.16. The minimum atomic E-state index is -0.798. The predicted molar refractivity (Wildman–Crippen MR) is 88.8 cm³/mol. The molecule has 0 radical (unpaired) electrons. The van der Waals surface area contributed by atoms with Crippen molar-refractivity contribution < 1.29 is 23.6 Å². The first-order chi connectivity index (χ1) is 11.9. The topological polar surface area (TPSA) is 86.5 Å². The minimum Gasteiger partial charge on any atom is -0.454 e. The zero-order valence-corrected chi connectivity index (χ0v) is 13.4. The van der Waals surface area contributed by atoms with Gasteiger partial charge in [-0.1, -0.05) is 17.7 Å². The molecule has 0 aliphatic heterocycles. The smallest absolute Gasteiger partial charge is 0.331 e. The maximum absolute atomic E-state index is 12.8. The van der Waals surface area contributed by atoms with E-state index in [0.717, 1.165) is 18.2 Å². The van der Waals surface area contributed by atoms with E-state index in [0.29, 0.717) is 5.56 Å². The van der Waals surface area contributed by atoms with Crippen molar-refractivity contribution in [3.63, 3.8) is 0 Å². The second-order valence-electron chi connectivity index (χ2n) is 4.84. The van der Waals surface area contributed by atoms with E-state index in [1.54, 1.807) is 0 Å². The van der Waals surface area contributed by atoms with Crippen LogP contribution in [0.4, 0.5) is 10.1 Å². The van der Waals surface area contributed by atoms with Gasteiger partial charge in [-0.3, -0.25) is 14.9 Å². The zero-order chi connectivity index (χ0) is 18.4. The quantitative estimate of drug-likeness (QED) is 0.256. The first-order valence-corrected chi connectivity index (χ1v) is 7.32. The van der Waals surface area contributed by atoms with E-state index >= 15 is 0 Å². The molecule has 25 heavy (non-hydrogen) atoms. The van der Waals surface area contributed by atoms with Crippen molar-refractivity contribution in [1.29, 1.82) is 0 Å². The fourth-order valence-electron chi connectivity index (χ4n) is 1.84. The van der Waals surface area contributed by atoms with Crippen LogP contribution in [0.15, 0.2) is 48.5 Å². The molecule has 2 rings (SSSR count). The second-order valence-corrected chi connectivity index (χ2v) is 5.25. The summed E-state index contributed by atoms with van der Waals surface area (Å²) >= 11 is 5.69. The molecular weight excluding hydrogens is 353 g/mol. The predicted octanol–water partition coefficient (Wildman–Crippen LogP) is 3.83. The number of ether oxygens (including phenoxy) is 1. The number of rotatable bonds is 6. The number of ketones is 1. The molecule has 0 heterocycles. The third kappa shape index (κ3) is 5.22. The molecule has 128 valence electrons. The van der Waals surface area contributed by atoms with Gasteiger partial charge in [0.15, 0.2) is 12.4 Å². The van der Waals surface area contributed by atoms with Gasteiger partial charge in [0, 0.05) is 17.7 Å². The SMILES string of the molecule is O=C(/C=C/c1ccc(Cl)c([N+](=O)[O-])c1)OCC(=O)c1ccc(F)cc1. The molecule has 0 aliphatic carbocycles. The first-order valence-electron chi connectivity index (χ1n) is 6.94. The molecule has 0 amide bonds. The van der Waals surface area contributed by atoms with Gasteiger partial charge in [-0.25, -0.2) is 9.18 Å².